The Morgan fingerprint density at radius 2 is 0.697 bits per heavy atom. The highest BCUT2D eigenvalue weighted by Gasteiger charge is 2.43. The molecule has 4 aromatic carbocycles. The first-order valence-corrected chi connectivity index (χ1v) is 33.1. The molecule has 8 nitrogen and oxygen atoms in total. The largest absolute Gasteiger partial charge is 0.299 e. The zero-order chi connectivity index (χ0) is 56.3. The molecular formula is C64H90N2O6S4. The third-order valence-corrected chi connectivity index (χ3v) is 19.4. The maximum absolute atomic E-state index is 12.9. The van der Waals surface area contributed by atoms with Crippen molar-refractivity contribution in [2.75, 3.05) is 0 Å². The van der Waals surface area contributed by atoms with Crippen LogP contribution in [0.5, 0.6) is 0 Å². The van der Waals surface area contributed by atoms with Crippen LogP contribution in [-0.2, 0) is 81.0 Å². The van der Waals surface area contributed by atoms with Gasteiger partial charge in [-0.25, -0.2) is 26.3 Å². The second kappa shape index (κ2) is 34.3. The van der Waals surface area contributed by atoms with E-state index in [0.717, 1.165) is 73.6 Å². The van der Waals surface area contributed by atoms with Crippen molar-refractivity contribution in [1.82, 2.24) is 9.44 Å². The molecule has 2 heterocycles. The van der Waals surface area contributed by atoms with Crippen LogP contribution in [0, 0.1) is 23.7 Å². The van der Waals surface area contributed by atoms with Gasteiger partial charge in [-0.1, -0.05) is 192 Å². The molecule has 0 radical (unpaired) electrons. The summed E-state index contributed by atoms with van der Waals surface area (Å²) in [5.41, 5.74) is 9.37. The lowest BCUT2D eigenvalue weighted by atomic mass is 9.91. The Morgan fingerprint density at radius 1 is 0.395 bits per heavy atom. The molecule has 0 spiro atoms. The van der Waals surface area contributed by atoms with E-state index in [1.54, 1.807) is 35.0 Å². The van der Waals surface area contributed by atoms with Crippen LogP contribution < -0.4 is 9.44 Å². The molecule has 4 bridgehead atoms. The van der Waals surface area contributed by atoms with Gasteiger partial charge in [0.2, 0.25) is 20.0 Å². The molecule has 0 saturated heterocycles. The second-order valence-corrected chi connectivity index (χ2v) is 23.9. The van der Waals surface area contributed by atoms with Crippen LogP contribution in [0.4, 0.5) is 0 Å². The number of sulfonamides is 2. The molecule has 0 amide bonds. The minimum absolute atomic E-state index is 0.0299. The molecule has 2 N–H and O–H groups in total. The number of carbonyl (C=O) groups excluding carboxylic acids is 2. The first-order valence-electron chi connectivity index (χ1n) is 28.4. The average molecular weight is 1110 g/mol. The van der Waals surface area contributed by atoms with E-state index < -0.39 is 20.0 Å². The molecule has 6 unspecified atom stereocenters. The van der Waals surface area contributed by atoms with Crippen molar-refractivity contribution >= 4 is 54.3 Å². The molecule has 6 atom stereocenters. The van der Waals surface area contributed by atoms with Crippen molar-refractivity contribution in [3.8, 4) is 0 Å². The van der Waals surface area contributed by atoms with E-state index in [9.17, 15) is 26.4 Å². The van der Waals surface area contributed by atoms with Gasteiger partial charge in [-0.15, -0.1) is 22.7 Å². The predicted molar refractivity (Wildman–Crippen MR) is 323 cm³/mol. The summed E-state index contributed by atoms with van der Waals surface area (Å²) in [6.45, 7) is 24.0. The lowest BCUT2D eigenvalue weighted by Crippen LogP contribution is -2.41. The topological polar surface area (TPSA) is 126 Å². The Bertz CT molecular complexity index is 2600. The van der Waals surface area contributed by atoms with Crippen LogP contribution in [0.3, 0.4) is 0 Å². The molecule has 4 aliphatic carbocycles. The Hall–Kier alpha value is -4.56. The van der Waals surface area contributed by atoms with Crippen molar-refractivity contribution < 1.29 is 26.4 Å². The molecule has 6 aromatic rings. The number of thiophene rings is 2. The van der Waals surface area contributed by atoms with Gasteiger partial charge < -0.3 is 0 Å². The molecule has 76 heavy (non-hydrogen) atoms. The standard InChI is InChI=1S/2C26H27NO3S2.6C2H6/c2*28-24(14-18-5-2-1-3-6-18)15-19-8-9-20-16-21-10-11-22(17-23(20)13-19)26(21)27-32(29,30)25-7-4-12-31-25;6*1-2/h2*1-9,12-13,21-22,26-27H,10-11,14-17H2;6*1-2H3. The van der Waals surface area contributed by atoms with Gasteiger partial charge in [-0.05, 0) is 142 Å². The van der Waals surface area contributed by atoms with E-state index in [0.29, 0.717) is 57.8 Å². The number of benzene rings is 4. The first-order chi connectivity index (χ1) is 37.0. The Labute approximate surface area is 468 Å². The summed E-state index contributed by atoms with van der Waals surface area (Å²) in [7, 11) is -6.95. The second-order valence-electron chi connectivity index (χ2n) is 18.1. The van der Waals surface area contributed by atoms with E-state index in [-0.39, 0.29) is 23.7 Å². The van der Waals surface area contributed by atoms with Crippen LogP contribution in [-0.4, -0.2) is 40.5 Å². The quantitative estimate of drug-likeness (QED) is 0.112. The molecule has 10 rings (SSSR count). The Balaban J connectivity index is 0.000000335. The van der Waals surface area contributed by atoms with Gasteiger partial charge in [0.05, 0.1) is 0 Å². The fourth-order valence-electron chi connectivity index (χ4n) is 10.7. The molecular weight excluding hydrogens is 1020 g/mol. The van der Waals surface area contributed by atoms with Gasteiger partial charge in [0.15, 0.2) is 0 Å². The van der Waals surface area contributed by atoms with Gasteiger partial charge in [-0.2, -0.15) is 0 Å². The molecule has 2 fully saturated rings. The summed E-state index contributed by atoms with van der Waals surface area (Å²) in [6, 6.07) is 39.4. The summed E-state index contributed by atoms with van der Waals surface area (Å²) in [5.74, 6) is 1.67. The number of rotatable bonds is 14. The van der Waals surface area contributed by atoms with Gasteiger partial charge in [0, 0.05) is 37.8 Å². The van der Waals surface area contributed by atoms with Gasteiger partial charge in [0.1, 0.15) is 20.0 Å². The van der Waals surface area contributed by atoms with E-state index in [4.69, 9.17) is 0 Å². The van der Waals surface area contributed by atoms with Crippen LogP contribution in [0.2, 0.25) is 0 Å². The van der Waals surface area contributed by atoms with Crippen molar-refractivity contribution in [3.05, 3.63) is 177 Å². The predicted octanol–water partition coefficient (Wildman–Crippen LogP) is 15.3. The highest BCUT2D eigenvalue weighted by molar-refractivity contribution is 7.92. The minimum Gasteiger partial charge on any atom is -0.299 e. The number of hydrogen-bond acceptors (Lipinski definition) is 8. The van der Waals surface area contributed by atoms with E-state index in [2.05, 4.69) is 45.8 Å². The van der Waals surface area contributed by atoms with Crippen LogP contribution in [0.25, 0.3) is 0 Å². The molecule has 0 aliphatic heterocycles. The molecule has 2 saturated carbocycles. The third-order valence-electron chi connectivity index (χ3n) is 13.7. The third kappa shape index (κ3) is 18.8. The summed E-state index contributed by atoms with van der Waals surface area (Å²) < 4.78 is 58.3. The zero-order valence-electron chi connectivity index (χ0n) is 47.7. The lowest BCUT2D eigenvalue weighted by molar-refractivity contribution is -0.118. The molecule has 12 heteroatoms. The SMILES string of the molecule is CC.CC.CC.CC.CC.CC.O=C(Cc1ccccc1)Cc1ccc2c(c1)CC1CCC(C2)C1NS(=O)(=O)c1cccs1.O=C(Cc1ccccc1)Cc1ccc2c(c1)CC1CCC(C2)C1NS(=O)(=O)c1cccs1. The number of Topliss-reactive ketones (excluding diaryl/α,β-unsaturated/α-hetero) is 2. The maximum atomic E-state index is 12.9. The smallest absolute Gasteiger partial charge is 0.250 e. The van der Waals surface area contributed by atoms with Gasteiger partial charge in [-0.3, -0.25) is 9.59 Å². The fraction of sp³-hybridized carbons (Fsp3) is 0.469. The van der Waals surface area contributed by atoms with Crippen molar-refractivity contribution in [1.29, 1.82) is 0 Å². The lowest BCUT2D eigenvalue weighted by Gasteiger charge is -2.23. The molecule has 416 valence electrons. The minimum atomic E-state index is -3.48. The van der Waals surface area contributed by atoms with Crippen LogP contribution in [0.15, 0.2) is 141 Å². The van der Waals surface area contributed by atoms with E-state index in [1.165, 1.54) is 44.9 Å². The van der Waals surface area contributed by atoms with Crippen LogP contribution in [0.1, 0.15) is 153 Å². The van der Waals surface area contributed by atoms with Crippen molar-refractivity contribution in [2.45, 2.75) is 181 Å². The summed E-state index contributed by atoms with van der Waals surface area (Å²) in [6.07, 6.45) is 9.48. The van der Waals surface area contributed by atoms with E-state index in [1.807, 2.05) is 144 Å². The number of carbonyl (C=O) groups is 2. The number of ketones is 2. The van der Waals surface area contributed by atoms with Crippen molar-refractivity contribution in [2.24, 2.45) is 23.7 Å². The number of fused-ring (bicyclic) bond motifs is 6. The zero-order valence-corrected chi connectivity index (χ0v) is 51.0. The summed E-state index contributed by atoms with van der Waals surface area (Å²) in [4.78, 5) is 25.2. The normalized spacial score (nSPS) is 19.3. The number of hydrogen-bond donors (Lipinski definition) is 2. The Morgan fingerprint density at radius 3 is 1.00 bits per heavy atom. The summed E-state index contributed by atoms with van der Waals surface area (Å²) in [5, 5.41) is 3.60. The molecule has 4 aliphatic rings. The van der Waals surface area contributed by atoms with E-state index >= 15 is 0 Å². The summed E-state index contributed by atoms with van der Waals surface area (Å²) >= 11 is 2.52. The maximum Gasteiger partial charge on any atom is 0.250 e. The van der Waals surface area contributed by atoms with Crippen molar-refractivity contribution in [3.63, 3.8) is 0 Å². The van der Waals surface area contributed by atoms with Gasteiger partial charge >= 0.3 is 0 Å². The fourth-order valence-corrected chi connectivity index (χ4v) is 15.4. The van der Waals surface area contributed by atoms with Crippen LogP contribution >= 0.6 is 22.7 Å². The highest BCUT2D eigenvalue weighted by Crippen LogP contribution is 2.43. The Kier molecular flexibility index (Phi) is 29.7. The highest BCUT2D eigenvalue weighted by atomic mass is 32.3. The average Bonchev–Trinajstić information content (AvgIpc) is 4.29. The number of nitrogens with one attached hydrogen (secondary N) is 2. The first kappa shape index (κ1) is 65.7. The monoisotopic (exact) mass is 1110 g/mol. The van der Waals surface area contributed by atoms with Gasteiger partial charge in [0.25, 0.3) is 0 Å². The molecule has 2 aromatic heterocycles.